The van der Waals surface area contributed by atoms with Gasteiger partial charge in [0.15, 0.2) is 0 Å². The summed E-state index contributed by atoms with van der Waals surface area (Å²) in [7, 11) is 3.23. The average molecular weight is 358 g/mol. The molecule has 0 fully saturated rings. The van der Waals surface area contributed by atoms with Gasteiger partial charge in [-0.05, 0) is 18.9 Å². The lowest BCUT2D eigenvalue weighted by molar-refractivity contribution is 0.390. The fraction of sp³-hybridized carbons (Fsp3) is 0.316. The normalized spacial score (nSPS) is 11.2. The van der Waals surface area contributed by atoms with Crippen molar-refractivity contribution in [3.8, 4) is 22.8 Å². The molecule has 1 aromatic carbocycles. The molecule has 5 nitrogen and oxygen atoms in total. The summed E-state index contributed by atoms with van der Waals surface area (Å²) < 4.78 is 11.0. The van der Waals surface area contributed by atoms with E-state index in [2.05, 4.69) is 28.8 Å². The highest BCUT2D eigenvalue weighted by Gasteiger charge is 2.23. The first kappa shape index (κ1) is 17.4. The predicted octanol–water partition coefficient (Wildman–Crippen LogP) is 4.79. The fourth-order valence-corrected chi connectivity index (χ4v) is 3.26. The Morgan fingerprint density at radius 1 is 1.00 bits per heavy atom. The third-order valence-electron chi connectivity index (χ3n) is 4.09. The number of nitrogens with zero attached hydrogens (tertiary/aromatic N) is 3. The van der Waals surface area contributed by atoms with E-state index in [1.807, 2.05) is 19.1 Å². The topological polar surface area (TPSA) is 57.1 Å². The van der Waals surface area contributed by atoms with E-state index in [9.17, 15) is 0 Å². The fourth-order valence-electron chi connectivity index (χ4n) is 2.93. The molecule has 0 aliphatic carbocycles. The number of benzene rings is 1. The van der Waals surface area contributed by atoms with Crippen molar-refractivity contribution in [2.75, 3.05) is 14.2 Å². The standard InChI is InChI=1S/C19H20ClN3O2/c1-10(2)17-15(24-4)7-16(25-5)19(20)18(17)13-6-12-8-21-11(3)23-14(12)9-22-13/h6-10H,1-5H3. The van der Waals surface area contributed by atoms with Gasteiger partial charge in [0, 0.05) is 28.8 Å². The lowest BCUT2D eigenvalue weighted by Crippen LogP contribution is -2.02. The van der Waals surface area contributed by atoms with Crippen LogP contribution < -0.4 is 9.47 Å². The van der Waals surface area contributed by atoms with Crippen LogP contribution in [0.4, 0.5) is 0 Å². The maximum atomic E-state index is 6.65. The molecule has 0 bridgehead atoms. The molecule has 0 spiro atoms. The van der Waals surface area contributed by atoms with Crippen molar-refractivity contribution in [2.45, 2.75) is 26.7 Å². The van der Waals surface area contributed by atoms with Crippen LogP contribution in [-0.2, 0) is 0 Å². The molecule has 0 aliphatic heterocycles. The molecule has 0 N–H and O–H groups in total. The number of fused-ring (bicyclic) bond motifs is 1. The molecule has 130 valence electrons. The number of aromatic nitrogens is 3. The summed E-state index contributed by atoms with van der Waals surface area (Å²) in [4.78, 5) is 13.3. The van der Waals surface area contributed by atoms with E-state index in [-0.39, 0.29) is 5.92 Å². The number of pyridine rings is 1. The zero-order valence-corrected chi connectivity index (χ0v) is 15.7. The minimum absolute atomic E-state index is 0.195. The minimum atomic E-state index is 0.195. The van der Waals surface area contributed by atoms with Gasteiger partial charge in [0.1, 0.15) is 17.3 Å². The van der Waals surface area contributed by atoms with E-state index in [1.54, 1.807) is 26.6 Å². The van der Waals surface area contributed by atoms with Crippen LogP contribution in [0.2, 0.25) is 5.02 Å². The van der Waals surface area contributed by atoms with Gasteiger partial charge in [-0.2, -0.15) is 0 Å². The van der Waals surface area contributed by atoms with Crippen molar-refractivity contribution in [3.63, 3.8) is 0 Å². The monoisotopic (exact) mass is 357 g/mol. The van der Waals surface area contributed by atoms with Gasteiger partial charge in [0.05, 0.1) is 36.6 Å². The second-order valence-corrected chi connectivity index (χ2v) is 6.46. The highest BCUT2D eigenvalue weighted by Crippen LogP contribution is 2.45. The molecule has 2 heterocycles. The molecule has 25 heavy (non-hydrogen) atoms. The summed E-state index contributed by atoms with van der Waals surface area (Å²) in [5, 5.41) is 1.43. The smallest absolute Gasteiger partial charge is 0.141 e. The predicted molar refractivity (Wildman–Crippen MR) is 99.7 cm³/mol. The molecule has 0 amide bonds. The summed E-state index contributed by atoms with van der Waals surface area (Å²) in [6.07, 6.45) is 3.54. The number of rotatable bonds is 4. The lowest BCUT2D eigenvalue weighted by atomic mass is 9.93. The highest BCUT2D eigenvalue weighted by molar-refractivity contribution is 6.35. The Bertz CT molecular complexity index is 942. The number of halogens is 1. The van der Waals surface area contributed by atoms with Crippen LogP contribution in [0.25, 0.3) is 22.2 Å². The average Bonchev–Trinajstić information content (AvgIpc) is 2.60. The van der Waals surface area contributed by atoms with Crippen LogP contribution in [0.3, 0.4) is 0 Å². The minimum Gasteiger partial charge on any atom is -0.496 e. The van der Waals surface area contributed by atoms with Crippen LogP contribution in [0.1, 0.15) is 31.2 Å². The Kier molecular flexibility index (Phi) is 4.77. The van der Waals surface area contributed by atoms with Crippen LogP contribution >= 0.6 is 11.6 Å². The maximum absolute atomic E-state index is 6.65. The van der Waals surface area contributed by atoms with Crippen molar-refractivity contribution in [1.82, 2.24) is 15.0 Å². The van der Waals surface area contributed by atoms with Gasteiger partial charge in [-0.1, -0.05) is 25.4 Å². The molecule has 0 saturated heterocycles. The third-order valence-corrected chi connectivity index (χ3v) is 4.47. The van der Waals surface area contributed by atoms with Gasteiger partial charge in [0.2, 0.25) is 0 Å². The largest absolute Gasteiger partial charge is 0.496 e. The van der Waals surface area contributed by atoms with E-state index >= 15 is 0 Å². The first-order valence-corrected chi connectivity index (χ1v) is 8.38. The Morgan fingerprint density at radius 2 is 1.72 bits per heavy atom. The van der Waals surface area contributed by atoms with Gasteiger partial charge in [-0.25, -0.2) is 9.97 Å². The van der Waals surface area contributed by atoms with Crippen molar-refractivity contribution in [3.05, 3.63) is 40.9 Å². The van der Waals surface area contributed by atoms with Gasteiger partial charge in [-0.15, -0.1) is 0 Å². The number of hydrogen-bond acceptors (Lipinski definition) is 5. The van der Waals surface area contributed by atoms with E-state index in [4.69, 9.17) is 21.1 Å². The van der Waals surface area contributed by atoms with Crippen LogP contribution in [0, 0.1) is 6.92 Å². The second-order valence-electron chi connectivity index (χ2n) is 6.08. The van der Waals surface area contributed by atoms with E-state index in [0.29, 0.717) is 16.6 Å². The maximum Gasteiger partial charge on any atom is 0.141 e. The van der Waals surface area contributed by atoms with Gasteiger partial charge < -0.3 is 9.47 Å². The molecule has 0 aliphatic rings. The zero-order valence-electron chi connectivity index (χ0n) is 14.9. The van der Waals surface area contributed by atoms with Gasteiger partial charge >= 0.3 is 0 Å². The third kappa shape index (κ3) is 3.12. The summed E-state index contributed by atoms with van der Waals surface area (Å²) in [5.74, 6) is 2.19. The zero-order chi connectivity index (χ0) is 18.1. The Labute approximate surface area is 152 Å². The summed E-state index contributed by atoms with van der Waals surface area (Å²) in [5.41, 5.74) is 3.35. The molecule has 0 saturated carbocycles. The number of ether oxygens (including phenoxy) is 2. The van der Waals surface area contributed by atoms with Crippen LogP contribution in [-0.4, -0.2) is 29.2 Å². The highest BCUT2D eigenvalue weighted by atomic mass is 35.5. The molecule has 0 atom stereocenters. The summed E-state index contributed by atoms with van der Waals surface area (Å²) >= 11 is 6.65. The molecule has 0 radical (unpaired) electrons. The van der Waals surface area contributed by atoms with Crippen molar-refractivity contribution in [2.24, 2.45) is 0 Å². The molecule has 2 aromatic heterocycles. The molecule has 6 heteroatoms. The van der Waals surface area contributed by atoms with E-state index in [0.717, 1.165) is 33.5 Å². The number of methoxy groups -OCH3 is 2. The number of aryl methyl sites for hydroxylation is 1. The first-order valence-electron chi connectivity index (χ1n) is 8.00. The first-order chi connectivity index (χ1) is 12.0. The molecule has 3 aromatic rings. The molecular formula is C19H20ClN3O2. The van der Waals surface area contributed by atoms with Crippen molar-refractivity contribution >= 4 is 22.5 Å². The van der Waals surface area contributed by atoms with Crippen molar-refractivity contribution in [1.29, 1.82) is 0 Å². The molecular weight excluding hydrogens is 338 g/mol. The summed E-state index contributed by atoms with van der Waals surface area (Å²) in [6, 6.07) is 3.76. The Hall–Kier alpha value is -2.40. The Morgan fingerprint density at radius 3 is 2.36 bits per heavy atom. The summed E-state index contributed by atoms with van der Waals surface area (Å²) in [6.45, 7) is 6.05. The second kappa shape index (κ2) is 6.84. The van der Waals surface area contributed by atoms with Crippen LogP contribution in [0.15, 0.2) is 24.5 Å². The van der Waals surface area contributed by atoms with Gasteiger partial charge in [0.25, 0.3) is 0 Å². The lowest BCUT2D eigenvalue weighted by Gasteiger charge is -2.20. The van der Waals surface area contributed by atoms with Crippen molar-refractivity contribution < 1.29 is 9.47 Å². The number of hydrogen-bond donors (Lipinski definition) is 0. The molecule has 3 rings (SSSR count). The van der Waals surface area contributed by atoms with Gasteiger partial charge in [-0.3, -0.25) is 4.98 Å². The SMILES string of the molecule is COc1cc(OC)c(C(C)C)c(-c2cc3cnc(C)nc3cn2)c1Cl. The Balaban J connectivity index is 2.33. The van der Waals surface area contributed by atoms with E-state index < -0.39 is 0 Å². The quantitative estimate of drug-likeness (QED) is 0.671. The van der Waals surface area contributed by atoms with Crippen LogP contribution in [0.5, 0.6) is 11.5 Å². The molecule has 0 unspecified atom stereocenters. The van der Waals surface area contributed by atoms with E-state index in [1.165, 1.54) is 0 Å².